The fraction of sp³-hybridized carbons (Fsp3) is 0.100. The second kappa shape index (κ2) is 7.61. The molecule has 0 atom stereocenters. The predicted molar refractivity (Wildman–Crippen MR) is 110 cm³/mol. The van der Waals surface area contributed by atoms with E-state index in [0.717, 1.165) is 27.1 Å². The average Bonchev–Trinajstić information content (AvgIpc) is 3.14. The molecule has 28 heavy (non-hydrogen) atoms. The molecular weight excluding hydrogens is 376 g/mol. The van der Waals surface area contributed by atoms with Crippen LogP contribution >= 0.6 is 11.3 Å². The normalized spacial score (nSPS) is 10.8. The average molecular weight is 392 g/mol. The van der Waals surface area contributed by atoms with Gasteiger partial charge in [-0.15, -0.1) is 11.3 Å². The number of aromatic nitrogens is 2. The van der Waals surface area contributed by atoms with Crippen LogP contribution in [0, 0.1) is 10.1 Å². The quantitative estimate of drug-likeness (QED) is 0.349. The van der Waals surface area contributed by atoms with Gasteiger partial charge in [0, 0.05) is 28.8 Å². The van der Waals surface area contributed by atoms with Gasteiger partial charge in [0.2, 0.25) is 0 Å². The molecule has 4 aromatic rings. The van der Waals surface area contributed by atoms with Crippen LogP contribution in [0.1, 0.15) is 6.92 Å². The molecule has 0 bridgehead atoms. The molecule has 0 spiro atoms. The minimum Gasteiger partial charge on any atom is -0.494 e. The van der Waals surface area contributed by atoms with Crippen molar-refractivity contribution in [3.8, 4) is 16.9 Å². The standard InChI is InChI=1S/C20H16N4O3S/c1-2-27-16-8-6-13(7-9-16)17-11-28-20-18(17)19(21-12-22-20)23-14-4-3-5-15(10-14)24(25)26/h3-12H,2H2,1H3,(H,21,22,23). The van der Waals surface area contributed by atoms with E-state index in [0.29, 0.717) is 18.1 Å². The van der Waals surface area contributed by atoms with E-state index in [1.54, 1.807) is 12.1 Å². The van der Waals surface area contributed by atoms with Crippen LogP contribution in [0.2, 0.25) is 0 Å². The molecule has 0 unspecified atom stereocenters. The first-order valence-corrected chi connectivity index (χ1v) is 9.50. The summed E-state index contributed by atoms with van der Waals surface area (Å²) in [7, 11) is 0. The number of thiophene rings is 1. The number of nitrogens with zero attached hydrogens (tertiary/aromatic N) is 3. The van der Waals surface area contributed by atoms with Crippen molar-refractivity contribution in [2.45, 2.75) is 6.92 Å². The molecule has 0 fully saturated rings. The molecular formula is C20H16N4O3S. The van der Waals surface area contributed by atoms with Crippen LogP contribution in [0.3, 0.4) is 0 Å². The second-order valence-electron chi connectivity index (χ2n) is 5.94. The van der Waals surface area contributed by atoms with Crippen LogP contribution < -0.4 is 10.1 Å². The van der Waals surface area contributed by atoms with Gasteiger partial charge in [0.05, 0.1) is 16.9 Å². The predicted octanol–water partition coefficient (Wildman–Crippen LogP) is 5.41. The number of anilines is 2. The van der Waals surface area contributed by atoms with Gasteiger partial charge in [-0.3, -0.25) is 10.1 Å². The molecule has 2 aromatic carbocycles. The zero-order valence-corrected chi connectivity index (χ0v) is 15.8. The van der Waals surface area contributed by atoms with Crippen LogP contribution in [-0.2, 0) is 0 Å². The maximum atomic E-state index is 11.0. The van der Waals surface area contributed by atoms with E-state index in [-0.39, 0.29) is 5.69 Å². The highest BCUT2D eigenvalue weighted by Crippen LogP contribution is 2.38. The molecule has 0 amide bonds. The molecule has 0 saturated carbocycles. The van der Waals surface area contributed by atoms with Gasteiger partial charge in [-0.05, 0) is 30.7 Å². The number of benzene rings is 2. The molecule has 0 aliphatic carbocycles. The van der Waals surface area contributed by atoms with Gasteiger partial charge in [0.25, 0.3) is 5.69 Å². The van der Waals surface area contributed by atoms with E-state index >= 15 is 0 Å². The molecule has 0 saturated heterocycles. The Morgan fingerprint density at radius 2 is 2.00 bits per heavy atom. The molecule has 2 aromatic heterocycles. The van der Waals surface area contributed by atoms with E-state index in [1.165, 1.54) is 29.8 Å². The fourth-order valence-electron chi connectivity index (χ4n) is 2.91. The fourth-order valence-corrected chi connectivity index (χ4v) is 3.83. The number of nitrogens with one attached hydrogen (secondary N) is 1. The van der Waals surface area contributed by atoms with Crippen LogP contribution in [-0.4, -0.2) is 21.5 Å². The van der Waals surface area contributed by atoms with Crippen molar-refractivity contribution in [2.24, 2.45) is 0 Å². The Labute approximate surface area is 164 Å². The van der Waals surface area contributed by atoms with E-state index in [4.69, 9.17) is 4.74 Å². The largest absolute Gasteiger partial charge is 0.494 e. The summed E-state index contributed by atoms with van der Waals surface area (Å²) in [5.41, 5.74) is 2.63. The Morgan fingerprint density at radius 3 is 2.75 bits per heavy atom. The van der Waals surface area contributed by atoms with E-state index < -0.39 is 4.92 Å². The number of rotatable bonds is 6. The van der Waals surface area contributed by atoms with Crippen molar-refractivity contribution in [3.63, 3.8) is 0 Å². The lowest BCUT2D eigenvalue weighted by Crippen LogP contribution is -1.97. The van der Waals surface area contributed by atoms with Gasteiger partial charge in [-0.25, -0.2) is 9.97 Å². The van der Waals surface area contributed by atoms with Gasteiger partial charge in [-0.1, -0.05) is 18.2 Å². The van der Waals surface area contributed by atoms with Crippen LogP contribution in [0.25, 0.3) is 21.3 Å². The molecule has 7 nitrogen and oxygen atoms in total. The Balaban J connectivity index is 1.75. The molecule has 1 N–H and O–H groups in total. The molecule has 8 heteroatoms. The zero-order chi connectivity index (χ0) is 19.5. The number of non-ortho nitro benzene ring substituents is 1. The van der Waals surface area contributed by atoms with Gasteiger partial charge in [-0.2, -0.15) is 0 Å². The van der Waals surface area contributed by atoms with Gasteiger partial charge in [0.15, 0.2) is 0 Å². The van der Waals surface area contributed by atoms with Crippen molar-refractivity contribution < 1.29 is 9.66 Å². The molecule has 2 heterocycles. The highest BCUT2D eigenvalue weighted by atomic mass is 32.1. The number of fused-ring (bicyclic) bond motifs is 1. The molecule has 0 aliphatic rings. The third-order valence-corrected chi connectivity index (χ3v) is 5.05. The zero-order valence-electron chi connectivity index (χ0n) is 15.0. The minimum atomic E-state index is -0.420. The molecule has 140 valence electrons. The minimum absolute atomic E-state index is 0.0207. The smallest absolute Gasteiger partial charge is 0.271 e. The first-order chi connectivity index (χ1) is 13.7. The van der Waals surface area contributed by atoms with Crippen molar-refractivity contribution in [2.75, 3.05) is 11.9 Å². The monoisotopic (exact) mass is 392 g/mol. The SMILES string of the molecule is CCOc1ccc(-c2csc3ncnc(Nc4cccc([N+](=O)[O-])c4)c23)cc1. The summed E-state index contributed by atoms with van der Waals surface area (Å²) < 4.78 is 5.51. The molecule has 0 radical (unpaired) electrons. The van der Waals surface area contributed by atoms with Crippen molar-refractivity contribution >= 4 is 38.7 Å². The highest BCUT2D eigenvalue weighted by Gasteiger charge is 2.14. The maximum absolute atomic E-state index is 11.0. The summed E-state index contributed by atoms with van der Waals surface area (Å²) in [5.74, 6) is 1.42. The lowest BCUT2D eigenvalue weighted by molar-refractivity contribution is -0.384. The Bertz CT molecular complexity index is 1140. The third kappa shape index (κ3) is 3.49. The maximum Gasteiger partial charge on any atom is 0.271 e. The highest BCUT2D eigenvalue weighted by molar-refractivity contribution is 7.17. The van der Waals surface area contributed by atoms with Gasteiger partial charge >= 0.3 is 0 Å². The molecule has 0 aliphatic heterocycles. The Kier molecular flexibility index (Phi) is 4.86. The van der Waals surface area contributed by atoms with E-state index in [1.807, 2.05) is 36.6 Å². The van der Waals surface area contributed by atoms with Gasteiger partial charge in [0.1, 0.15) is 22.7 Å². The first kappa shape index (κ1) is 17.9. The number of nitro benzene ring substituents is 1. The third-order valence-electron chi connectivity index (χ3n) is 4.17. The summed E-state index contributed by atoms with van der Waals surface area (Å²) in [5, 5.41) is 17.1. The lowest BCUT2D eigenvalue weighted by atomic mass is 10.1. The first-order valence-electron chi connectivity index (χ1n) is 8.62. The van der Waals surface area contributed by atoms with Crippen molar-refractivity contribution in [1.29, 1.82) is 0 Å². The molecule has 4 rings (SSSR count). The Hall–Kier alpha value is -3.52. The number of hydrogen-bond donors (Lipinski definition) is 1. The van der Waals surface area contributed by atoms with Crippen molar-refractivity contribution in [3.05, 3.63) is 70.4 Å². The summed E-state index contributed by atoms with van der Waals surface area (Å²) in [6.45, 7) is 2.56. The van der Waals surface area contributed by atoms with Crippen molar-refractivity contribution in [1.82, 2.24) is 9.97 Å². The van der Waals surface area contributed by atoms with Crippen LogP contribution in [0.5, 0.6) is 5.75 Å². The van der Waals surface area contributed by atoms with Gasteiger partial charge < -0.3 is 10.1 Å². The van der Waals surface area contributed by atoms with E-state index in [2.05, 4.69) is 15.3 Å². The number of ether oxygens (including phenoxy) is 1. The Morgan fingerprint density at radius 1 is 1.18 bits per heavy atom. The lowest BCUT2D eigenvalue weighted by Gasteiger charge is -2.09. The summed E-state index contributed by atoms with van der Waals surface area (Å²) in [6, 6.07) is 14.2. The second-order valence-corrected chi connectivity index (χ2v) is 6.80. The van der Waals surface area contributed by atoms with Crippen LogP contribution in [0.15, 0.2) is 60.2 Å². The summed E-state index contributed by atoms with van der Waals surface area (Å²) >= 11 is 1.53. The number of nitro groups is 1. The summed E-state index contributed by atoms with van der Waals surface area (Å²) in [6.07, 6.45) is 1.49. The summed E-state index contributed by atoms with van der Waals surface area (Å²) in [4.78, 5) is 20.2. The van der Waals surface area contributed by atoms with Crippen LogP contribution in [0.4, 0.5) is 17.2 Å². The topological polar surface area (TPSA) is 90.2 Å². The van der Waals surface area contributed by atoms with E-state index in [9.17, 15) is 10.1 Å². The number of hydrogen-bond acceptors (Lipinski definition) is 7.